The maximum absolute atomic E-state index is 15.8. The van der Waals surface area contributed by atoms with Gasteiger partial charge in [0.05, 0.1) is 47.8 Å². The molecule has 6 N–H and O–H groups in total. The smallest absolute Gasteiger partial charge is 0.319 e. The fraction of sp³-hybridized carbons (Fsp3) is 0.386. The lowest BCUT2D eigenvalue weighted by Gasteiger charge is -2.30. The summed E-state index contributed by atoms with van der Waals surface area (Å²) >= 11 is 7.37. The lowest BCUT2D eigenvalue weighted by Crippen LogP contribution is -2.50. The Kier molecular flexibility index (Phi) is 14.9. The summed E-state index contributed by atoms with van der Waals surface area (Å²) in [4.78, 5) is 42.2. The van der Waals surface area contributed by atoms with Gasteiger partial charge in [0.1, 0.15) is 48.1 Å². The van der Waals surface area contributed by atoms with Crippen molar-refractivity contribution in [3.8, 4) is 34.1 Å². The highest BCUT2D eigenvalue weighted by Crippen LogP contribution is 2.49. The number of dihydropyridines is 1. The molecule has 3 fully saturated rings. The number of hydrogen-bond acceptors (Lipinski definition) is 15. The molecule has 4 aliphatic rings. The number of ether oxygens (including phenoxy) is 3. The number of aliphatic hydroxyl groups is 2. The summed E-state index contributed by atoms with van der Waals surface area (Å²) in [6.45, 7) is 9.46. The van der Waals surface area contributed by atoms with E-state index in [1.54, 1.807) is 26.4 Å². The van der Waals surface area contributed by atoms with Crippen LogP contribution in [0, 0.1) is 18.7 Å². The number of carbonyl (C=O) groups is 2. The van der Waals surface area contributed by atoms with Crippen molar-refractivity contribution < 1.29 is 38.4 Å². The third kappa shape index (κ3) is 10.3. The van der Waals surface area contributed by atoms with Crippen LogP contribution < -0.4 is 30.3 Å². The first-order chi connectivity index (χ1) is 37.8. The number of aromatic amines is 1. The highest BCUT2D eigenvalue weighted by Gasteiger charge is 2.44. The zero-order chi connectivity index (χ0) is 54.4. The van der Waals surface area contributed by atoms with Gasteiger partial charge >= 0.3 is 6.01 Å². The number of allylic oxidation sites excluding steroid dienone is 2. The molecule has 4 aromatic carbocycles. The number of carbonyl (C=O) groups excluding carboxylic acids is 2. The van der Waals surface area contributed by atoms with E-state index in [0.29, 0.717) is 77.9 Å². The van der Waals surface area contributed by atoms with Crippen molar-refractivity contribution in [3.63, 3.8) is 0 Å². The highest BCUT2D eigenvalue weighted by atomic mass is 35.5. The first-order valence-electron chi connectivity index (χ1n) is 26.3. The molecule has 0 aliphatic carbocycles. The van der Waals surface area contributed by atoms with Gasteiger partial charge in [-0.3, -0.25) is 14.7 Å². The molecule has 0 radical (unpaired) electrons. The molecule has 78 heavy (non-hydrogen) atoms. The van der Waals surface area contributed by atoms with Crippen LogP contribution in [0.25, 0.3) is 49.8 Å². The van der Waals surface area contributed by atoms with Crippen LogP contribution >= 0.6 is 11.6 Å². The van der Waals surface area contributed by atoms with Gasteiger partial charge in [-0.05, 0) is 78.4 Å². The molecule has 21 heteroatoms. The molecule has 3 aromatic heterocycles. The van der Waals surface area contributed by atoms with Gasteiger partial charge in [0.25, 0.3) is 0 Å². The number of aliphatic hydroxyl groups excluding tert-OH is 2. The number of nitrogens with one attached hydrogen (secondary N) is 4. The molecule has 19 nitrogen and oxygen atoms in total. The number of fused-ring (bicyclic) bond motifs is 4. The quantitative estimate of drug-likeness (QED) is 0.0533. The Morgan fingerprint density at radius 3 is 2.49 bits per heavy atom. The number of hydrogen-bond donors (Lipinski definition) is 6. The molecule has 4 aliphatic heterocycles. The predicted octanol–water partition coefficient (Wildman–Crippen LogP) is 6.58. The first kappa shape index (κ1) is 52.6. The van der Waals surface area contributed by atoms with Gasteiger partial charge in [-0.1, -0.05) is 85.3 Å². The molecule has 7 atom stereocenters. The monoisotopic (exact) mass is 1080 g/mol. The number of methoxy groups -OCH3 is 1. The number of aromatic nitrogens is 7. The zero-order valence-corrected chi connectivity index (χ0v) is 44.7. The second-order valence-corrected chi connectivity index (χ2v) is 21.3. The number of anilines is 1. The van der Waals surface area contributed by atoms with E-state index in [4.69, 9.17) is 35.8 Å². The summed E-state index contributed by atoms with van der Waals surface area (Å²) in [5.74, 6) is -0.624. The van der Waals surface area contributed by atoms with Gasteiger partial charge in [0.2, 0.25) is 11.8 Å². The number of rotatable bonds is 18. The number of amides is 2. The summed E-state index contributed by atoms with van der Waals surface area (Å²) in [5.41, 5.74) is 6.99. The summed E-state index contributed by atoms with van der Waals surface area (Å²) < 4.78 is 35.9. The molecule has 2 bridgehead atoms. The maximum atomic E-state index is 15.8. The molecular weight excluding hydrogens is 1020 g/mol. The van der Waals surface area contributed by atoms with E-state index in [1.807, 2.05) is 87.6 Å². The minimum absolute atomic E-state index is 0.0377. The lowest BCUT2D eigenvalue weighted by molar-refractivity contribution is -0.142. The fourth-order valence-corrected chi connectivity index (χ4v) is 11.4. The highest BCUT2D eigenvalue weighted by molar-refractivity contribution is 6.35. The van der Waals surface area contributed by atoms with Crippen molar-refractivity contribution >= 4 is 56.6 Å². The second-order valence-electron chi connectivity index (χ2n) is 20.9. The Morgan fingerprint density at radius 2 is 1.78 bits per heavy atom. The Hall–Kier alpha value is -7.49. The van der Waals surface area contributed by atoms with E-state index in [2.05, 4.69) is 47.4 Å². The molecule has 7 aromatic rings. The Bertz CT molecular complexity index is 3440. The SMILES string of the molecule is CO[C@@H](C)COc1nc(N2C[C@@H]3C[C@H]2CN3)c2cc(Cl)c(-c3c(C)c(F)cc4[nH]ncc34)c(OCc3ccc(-c4cn([C@H](C(=O)N5C[C@H](O)C[C@H]5C(=O)N[C@@H](CO)c5ccc(C6=CCNC=C6)cc5)C(C)C)nn4)cc3)c2n1. The van der Waals surface area contributed by atoms with E-state index in [-0.39, 0.29) is 62.8 Å². The first-order valence-corrected chi connectivity index (χ1v) is 26.7. The maximum Gasteiger partial charge on any atom is 0.319 e. The van der Waals surface area contributed by atoms with Crippen molar-refractivity contribution in [2.24, 2.45) is 5.92 Å². The number of H-pyrrole nitrogens is 1. The van der Waals surface area contributed by atoms with Crippen molar-refractivity contribution in [3.05, 3.63) is 125 Å². The molecule has 11 rings (SSSR count). The van der Waals surface area contributed by atoms with Crippen LogP contribution in [0.2, 0.25) is 5.02 Å². The minimum Gasteiger partial charge on any atom is -0.486 e. The molecular formula is C57H62ClFN12O7. The molecule has 406 valence electrons. The number of likely N-dealkylation sites (tertiary alicyclic amines) is 1. The van der Waals surface area contributed by atoms with E-state index in [1.165, 1.54) is 15.6 Å². The number of benzene rings is 4. The third-order valence-corrected chi connectivity index (χ3v) is 15.7. The van der Waals surface area contributed by atoms with Crippen LogP contribution in [0.15, 0.2) is 91.4 Å². The molecule has 0 unspecified atom stereocenters. The van der Waals surface area contributed by atoms with E-state index in [9.17, 15) is 19.8 Å². The zero-order valence-electron chi connectivity index (χ0n) is 43.9. The van der Waals surface area contributed by atoms with Crippen molar-refractivity contribution in [2.45, 2.75) is 89.6 Å². The summed E-state index contributed by atoms with van der Waals surface area (Å²) in [5, 5.41) is 48.6. The van der Waals surface area contributed by atoms with Crippen LogP contribution in [-0.2, 0) is 20.9 Å². The molecule has 3 saturated heterocycles. The minimum atomic E-state index is -0.984. The fourth-order valence-electron chi connectivity index (χ4n) is 11.1. The van der Waals surface area contributed by atoms with Crippen LogP contribution in [0.1, 0.15) is 68.0 Å². The average Bonchev–Trinajstić information content (AvgIpc) is 4.47. The molecule has 0 spiro atoms. The van der Waals surface area contributed by atoms with Crippen molar-refractivity contribution in [1.82, 2.24) is 56.0 Å². The van der Waals surface area contributed by atoms with Crippen LogP contribution in [0.4, 0.5) is 10.2 Å². The van der Waals surface area contributed by atoms with E-state index >= 15 is 4.39 Å². The topological polar surface area (TPSA) is 230 Å². The van der Waals surface area contributed by atoms with Crippen LogP contribution in [0.5, 0.6) is 11.8 Å². The van der Waals surface area contributed by atoms with E-state index in [0.717, 1.165) is 42.8 Å². The van der Waals surface area contributed by atoms with Gasteiger partial charge < -0.3 is 50.2 Å². The van der Waals surface area contributed by atoms with Crippen LogP contribution in [0.3, 0.4) is 0 Å². The molecule has 7 heterocycles. The van der Waals surface area contributed by atoms with Gasteiger partial charge in [0, 0.05) is 79.3 Å². The Labute approximate surface area is 454 Å². The summed E-state index contributed by atoms with van der Waals surface area (Å²) in [6, 6.07) is 16.5. The summed E-state index contributed by atoms with van der Waals surface area (Å²) in [6.07, 6.45) is 9.13. The predicted molar refractivity (Wildman–Crippen MR) is 293 cm³/mol. The largest absolute Gasteiger partial charge is 0.486 e. The average molecular weight is 1080 g/mol. The van der Waals surface area contributed by atoms with Gasteiger partial charge in [-0.2, -0.15) is 15.1 Å². The third-order valence-electron chi connectivity index (χ3n) is 15.4. The Morgan fingerprint density at radius 1 is 0.987 bits per heavy atom. The number of halogens is 2. The number of β-amino-alcohol motifs (C(OH)–C–C–N with tert-alkyl or cyclic N) is 1. The van der Waals surface area contributed by atoms with Crippen molar-refractivity contribution in [2.75, 3.05) is 51.4 Å². The van der Waals surface area contributed by atoms with E-state index < -0.39 is 36.0 Å². The number of piperazine rings is 1. The number of nitrogens with zero attached hydrogens (tertiary/aromatic N) is 8. The second kappa shape index (κ2) is 22.1. The van der Waals surface area contributed by atoms with Gasteiger partial charge in [0.15, 0.2) is 5.75 Å². The lowest BCUT2D eigenvalue weighted by atomic mass is 9.94. The normalized spacial score (nSPS) is 20.1. The Balaban J connectivity index is 0.853. The van der Waals surface area contributed by atoms with Gasteiger partial charge in [-0.15, -0.1) is 5.10 Å². The van der Waals surface area contributed by atoms with Gasteiger partial charge in [-0.25, -0.2) is 9.07 Å². The molecule has 0 saturated carbocycles. The molecule has 2 amide bonds. The van der Waals surface area contributed by atoms with Crippen LogP contribution in [-0.4, -0.2) is 139 Å². The standard InChI is InChI=1S/C57H62ClFN12O7/c1-30(2)52(56(75)70-25-40(73)19-48(70)55(74)63-47(27-72)37-12-10-34(11-13-37)35-14-16-60-17-15-35)71-26-46(67-68-71)36-8-6-33(7-9-36)29-77-53-50(49-32(4)44(59)21-45-42(49)23-62-66-45)43(58)20-41-51(53)64-57(78-28-31(3)76-5)65-54(41)69-24-38-18-39(69)22-61-38/h6-16,20-21,23,26,30-31,38-40,47-48,52,60-61,72-73H,17-19,22,24-25,27-29H2,1-5H3,(H,62,66)(H,63,74)/t31-,38-,39-,40+,47-,48-,52-/m0/s1. The summed E-state index contributed by atoms with van der Waals surface area (Å²) in [7, 11) is 1.61. The van der Waals surface area contributed by atoms with Crippen molar-refractivity contribution in [1.29, 1.82) is 0 Å².